The van der Waals surface area contributed by atoms with Crippen LogP contribution in [0, 0.1) is 17.1 Å². The molecule has 2 N–H and O–H groups in total. The molecule has 0 fully saturated rings. The first-order chi connectivity index (χ1) is 9.70. The molecule has 100 valence electrons. The number of nitriles is 1. The van der Waals surface area contributed by atoms with Crippen molar-refractivity contribution in [2.75, 3.05) is 17.2 Å². The number of carbonyl (C=O) groups excluding carboxylic acids is 1. The minimum absolute atomic E-state index is 0.0886. The summed E-state index contributed by atoms with van der Waals surface area (Å²) in [5.74, 6) is -0.529. The van der Waals surface area contributed by atoms with Crippen molar-refractivity contribution in [1.82, 2.24) is 4.98 Å². The van der Waals surface area contributed by atoms with E-state index in [9.17, 15) is 9.18 Å². The van der Waals surface area contributed by atoms with E-state index < -0.39 is 5.82 Å². The second-order valence-corrected chi connectivity index (χ2v) is 3.89. The van der Waals surface area contributed by atoms with E-state index in [1.165, 1.54) is 18.2 Å². The molecule has 0 unspecified atom stereocenters. The van der Waals surface area contributed by atoms with Gasteiger partial charge >= 0.3 is 0 Å². The Morgan fingerprint density at radius 2 is 2.15 bits per heavy atom. The van der Waals surface area contributed by atoms with Gasteiger partial charge in [0.05, 0.1) is 12.2 Å². The lowest BCUT2D eigenvalue weighted by Crippen LogP contribution is -2.22. The van der Waals surface area contributed by atoms with E-state index in [0.717, 1.165) is 0 Å². The molecule has 2 rings (SSSR count). The highest BCUT2D eigenvalue weighted by Gasteiger charge is 2.09. The molecule has 0 aliphatic heterocycles. The third-order valence-corrected chi connectivity index (χ3v) is 2.50. The third kappa shape index (κ3) is 3.29. The van der Waals surface area contributed by atoms with Crippen molar-refractivity contribution in [2.45, 2.75) is 0 Å². The van der Waals surface area contributed by atoms with Crippen LogP contribution in [0.3, 0.4) is 0 Å². The lowest BCUT2D eigenvalue weighted by Gasteiger charge is -2.08. The number of carbonyl (C=O) groups is 1. The van der Waals surface area contributed by atoms with Crippen LogP contribution < -0.4 is 10.6 Å². The molecule has 0 radical (unpaired) electrons. The standard InChI is InChI=1S/C14H11FN4O/c15-11-4-3-5-12(10(11)8-16)18-9-14(20)19-13-6-1-2-7-17-13/h1-7,18H,9H2,(H,17,19,20). The molecule has 2 aromatic rings. The van der Waals surface area contributed by atoms with Crippen LogP contribution in [-0.2, 0) is 4.79 Å². The first kappa shape index (κ1) is 13.5. The van der Waals surface area contributed by atoms with Crippen molar-refractivity contribution < 1.29 is 9.18 Å². The number of hydrogen-bond donors (Lipinski definition) is 2. The molecule has 1 aromatic carbocycles. The molecular formula is C14H11FN4O. The van der Waals surface area contributed by atoms with Crippen LogP contribution in [0.1, 0.15) is 5.56 Å². The van der Waals surface area contributed by atoms with Crippen LogP contribution in [0.25, 0.3) is 0 Å². The lowest BCUT2D eigenvalue weighted by atomic mass is 10.2. The summed E-state index contributed by atoms with van der Waals surface area (Å²) in [5.41, 5.74) is 0.168. The summed E-state index contributed by atoms with van der Waals surface area (Å²) in [6.07, 6.45) is 1.56. The number of pyridine rings is 1. The van der Waals surface area contributed by atoms with E-state index in [4.69, 9.17) is 5.26 Å². The molecular weight excluding hydrogens is 259 g/mol. The van der Waals surface area contributed by atoms with E-state index in [-0.39, 0.29) is 23.7 Å². The van der Waals surface area contributed by atoms with Crippen molar-refractivity contribution >= 4 is 17.4 Å². The van der Waals surface area contributed by atoms with Crippen molar-refractivity contribution in [3.8, 4) is 6.07 Å². The topological polar surface area (TPSA) is 77.8 Å². The fourth-order valence-electron chi connectivity index (χ4n) is 1.58. The quantitative estimate of drug-likeness (QED) is 0.892. The van der Waals surface area contributed by atoms with Crippen molar-refractivity contribution in [3.63, 3.8) is 0 Å². The first-order valence-corrected chi connectivity index (χ1v) is 5.84. The van der Waals surface area contributed by atoms with Crippen LogP contribution in [0.2, 0.25) is 0 Å². The van der Waals surface area contributed by atoms with Crippen molar-refractivity contribution in [1.29, 1.82) is 5.26 Å². The minimum Gasteiger partial charge on any atom is -0.375 e. The van der Waals surface area contributed by atoms with E-state index in [1.54, 1.807) is 30.5 Å². The Kier molecular flexibility index (Phi) is 4.24. The highest BCUT2D eigenvalue weighted by molar-refractivity contribution is 5.93. The molecule has 0 saturated heterocycles. The Balaban J connectivity index is 1.98. The lowest BCUT2D eigenvalue weighted by molar-refractivity contribution is -0.114. The monoisotopic (exact) mass is 270 g/mol. The number of nitrogens with zero attached hydrogens (tertiary/aromatic N) is 2. The zero-order chi connectivity index (χ0) is 14.4. The molecule has 0 aliphatic carbocycles. The van der Waals surface area contributed by atoms with E-state index in [2.05, 4.69) is 15.6 Å². The Labute approximate surface area is 115 Å². The summed E-state index contributed by atoms with van der Waals surface area (Å²) in [5, 5.41) is 14.2. The van der Waals surface area contributed by atoms with Gasteiger partial charge in [-0.15, -0.1) is 0 Å². The molecule has 0 atom stereocenters. The maximum absolute atomic E-state index is 13.3. The fraction of sp³-hybridized carbons (Fsp3) is 0.0714. The number of amides is 1. The van der Waals surface area contributed by atoms with Crippen LogP contribution >= 0.6 is 0 Å². The fourth-order valence-corrected chi connectivity index (χ4v) is 1.58. The molecule has 1 aromatic heterocycles. The predicted molar refractivity (Wildman–Crippen MR) is 72.5 cm³/mol. The SMILES string of the molecule is N#Cc1c(F)cccc1NCC(=O)Nc1ccccn1. The Hall–Kier alpha value is -2.94. The largest absolute Gasteiger partial charge is 0.375 e. The van der Waals surface area contributed by atoms with E-state index in [1.807, 2.05) is 0 Å². The highest BCUT2D eigenvalue weighted by atomic mass is 19.1. The maximum atomic E-state index is 13.3. The molecule has 1 amide bonds. The van der Waals surface area contributed by atoms with E-state index >= 15 is 0 Å². The highest BCUT2D eigenvalue weighted by Crippen LogP contribution is 2.17. The van der Waals surface area contributed by atoms with Gasteiger partial charge in [0.1, 0.15) is 23.3 Å². The van der Waals surface area contributed by atoms with Gasteiger partial charge in [-0.05, 0) is 24.3 Å². The van der Waals surface area contributed by atoms with Crippen molar-refractivity contribution in [3.05, 3.63) is 54.0 Å². The number of hydrogen-bond acceptors (Lipinski definition) is 4. The summed E-state index contributed by atoms with van der Waals surface area (Å²) in [4.78, 5) is 15.6. The second-order valence-electron chi connectivity index (χ2n) is 3.89. The summed E-state index contributed by atoms with van der Waals surface area (Å²) in [6, 6.07) is 11.1. The van der Waals surface area contributed by atoms with Crippen molar-refractivity contribution in [2.24, 2.45) is 0 Å². The molecule has 1 heterocycles. The van der Waals surface area contributed by atoms with Gasteiger partial charge < -0.3 is 10.6 Å². The smallest absolute Gasteiger partial charge is 0.244 e. The summed E-state index contributed by atoms with van der Waals surface area (Å²) >= 11 is 0. The van der Waals surface area contributed by atoms with Crippen LogP contribution in [0.15, 0.2) is 42.6 Å². The number of aromatic nitrogens is 1. The zero-order valence-electron chi connectivity index (χ0n) is 10.4. The molecule has 0 aliphatic rings. The van der Waals surface area contributed by atoms with Gasteiger partial charge in [0.25, 0.3) is 0 Å². The van der Waals surface area contributed by atoms with Crippen LogP contribution in [-0.4, -0.2) is 17.4 Å². The number of rotatable bonds is 4. The van der Waals surface area contributed by atoms with Gasteiger partial charge in [-0.2, -0.15) is 5.26 Å². The van der Waals surface area contributed by atoms with Gasteiger partial charge in [-0.1, -0.05) is 12.1 Å². The van der Waals surface area contributed by atoms with Gasteiger partial charge in [0.15, 0.2) is 0 Å². The number of anilines is 2. The van der Waals surface area contributed by atoms with Crippen LogP contribution in [0.4, 0.5) is 15.9 Å². The zero-order valence-corrected chi connectivity index (χ0v) is 10.4. The molecule has 5 nitrogen and oxygen atoms in total. The second kappa shape index (κ2) is 6.29. The number of benzene rings is 1. The molecule has 6 heteroatoms. The Bertz CT molecular complexity index is 652. The Morgan fingerprint density at radius 3 is 2.85 bits per heavy atom. The van der Waals surface area contributed by atoms with E-state index in [0.29, 0.717) is 5.82 Å². The first-order valence-electron chi connectivity index (χ1n) is 5.84. The molecule has 0 spiro atoms. The van der Waals surface area contributed by atoms with Gasteiger partial charge in [0, 0.05) is 6.20 Å². The number of halogens is 1. The molecule has 0 bridgehead atoms. The Morgan fingerprint density at radius 1 is 1.30 bits per heavy atom. The van der Waals surface area contributed by atoms with Gasteiger partial charge in [0.2, 0.25) is 5.91 Å². The number of nitrogens with one attached hydrogen (secondary N) is 2. The van der Waals surface area contributed by atoms with Gasteiger partial charge in [-0.3, -0.25) is 4.79 Å². The minimum atomic E-state index is -0.623. The average Bonchev–Trinajstić information content (AvgIpc) is 2.46. The van der Waals surface area contributed by atoms with Gasteiger partial charge in [-0.25, -0.2) is 9.37 Å². The summed E-state index contributed by atoms with van der Waals surface area (Å²) in [7, 11) is 0. The summed E-state index contributed by atoms with van der Waals surface area (Å²) in [6.45, 7) is -0.0886. The van der Waals surface area contributed by atoms with Crippen LogP contribution in [0.5, 0.6) is 0 Å². The third-order valence-electron chi connectivity index (χ3n) is 2.50. The normalized spacial score (nSPS) is 9.60. The average molecular weight is 270 g/mol. The molecule has 0 saturated carbocycles. The summed E-state index contributed by atoms with van der Waals surface area (Å²) < 4.78 is 13.3. The predicted octanol–water partition coefficient (Wildman–Crippen LogP) is 2.14. The molecule has 20 heavy (non-hydrogen) atoms. The maximum Gasteiger partial charge on any atom is 0.244 e.